The van der Waals surface area contributed by atoms with Gasteiger partial charge in [0.2, 0.25) is 0 Å². The molecule has 0 amide bonds. The van der Waals surface area contributed by atoms with E-state index >= 15 is 0 Å². The summed E-state index contributed by atoms with van der Waals surface area (Å²) < 4.78 is 0. The van der Waals surface area contributed by atoms with E-state index in [1.165, 1.54) is 0 Å². The van der Waals surface area contributed by atoms with Crippen LogP contribution in [-0.4, -0.2) is 5.11 Å². The van der Waals surface area contributed by atoms with Gasteiger partial charge in [-0.15, -0.1) is 0 Å². The van der Waals surface area contributed by atoms with Gasteiger partial charge in [0.05, 0.1) is 28.1 Å². The maximum absolute atomic E-state index is 9.92. The molecular formula is C11H9Cl2NO. The summed E-state index contributed by atoms with van der Waals surface area (Å²) in [6, 6.07) is 7.20. The molecule has 1 aliphatic rings. The fourth-order valence-electron chi connectivity index (χ4n) is 1.66. The Morgan fingerprint density at radius 3 is 2.67 bits per heavy atom. The Bertz CT molecular complexity index is 427. The first kappa shape index (κ1) is 10.8. The molecule has 1 saturated carbocycles. The lowest BCUT2D eigenvalue weighted by Crippen LogP contribution is -2.01. The number of hydrogen-bond donors (Lipinski definition) is 1. The molecule has 78 valence electrons. The highest BCUT2D eigenvalue weighted by molar-refractivity contribution is 6.42. The Balaban J connectivity index is 2.17. The summed E-state index contributed by atoms with van der Waals surface area (Å²) in [5, 5.41) is 19.5. The van der Waals surface area contributed by atoms with Crippen LogP contribution in [0, 0.1) is 23.2 Å². The number of nitrogens with zero attached hydrogens (tertiary/aromatic N) is 1. The van der Waals surface area contributed by atoms with E-state index < -0.39 is 6.10 Å². The molecule has 0 aliphatic heterocycles. The summed E-state index contributed by atoms with van der Waals surface area (Å²) in [7, 11) is 0. The van der Waals surface area contributed by atoms with Crippen molar-refractivity contribution in [3.8, 4) is 6.07 Å². The zero-order valence-electron chi connectivity index (χ0n) is 7.82. The fourth-order valence-corrected chi connectivity index (χ4v) is 1.96. The van der Waals surface area contributed by atoms with Gasteiger partial charge in [0.25, 0.3) is 0 Å². The molecule has 1 aromatic rings. The minimum Gasteiger partial charge on any atom is -0.388 e. The number of aliphatic hydroxyl groups is 1. The fraction of sp³-hybridized carbons (Fsp3) is 0.364. The van der Waals surface area contributed by atoms with Crippen molar-refractivity contribution in [2.24, 2.45) is 11.8 Å². The monoisotopic (exact) mass is 241 g/mol. The maximum Gasteiger partial charge on any atom is 0.0831 e. The van der Waals surface area contributed by atoms with E-state index in [4.69, 9.17) is 28.5 Å². The number of nitriles is 1. The van der Waals surface area contributed by atoms with Crippen LogP contribution in [0.1, 0.15) is 18.1 Å². The van der Waals surface area contributed by atoms with Crippen molar-refractivity contribution in [1.82, 2.24) is 0 Å². The lowest BCUT2D eigenvalue weighted by molar-refractivity contribution is 0.150. The van der Waals surface area contributed by atoms with Crippen LogP contribution in [0.5, 0.6) is 0 Å². The highest BCUT2D eigenvalue weighted by atomic mass is 35.5. The minimum absolute atomic E-state index is 0.0190. The molecular weight excluding hydrogens is 233 g/mol. The van der Waals surface area contributed by atoms with Gasteiger partial charge in [-0.05, 0) is 24.1 Å². The SMILES string of the molecule is N#C[C@H]1CC1C(O)c1ccc(Cl)c(Cl)c1. The first-order chi connectivity index (χ1) is 7.13. The Morgan fingerprint density at radius 2 is 2.13 bits per heavy atom. The van der Waals surface area contributed by atoms with Crippen LogP contribution in [0.3, 0.4) is 0 Å². The average molecular weight is 242 g/mol. The summed E-state index contributed by atoms with van der Waals surface area (Å²) in [6.45, 7) is 0. The molecule has 1 aromatic carbocycles. The lowest BCUT2D eigenvalue weighted by atomic mass is 10.0. The molecule has 0 aromatic heterocycles. The van der Waals surface area contributed by atoms with Crippen LogP contribution >= 0.6 is 23.2 Å². The van der Waals surface area contributed by atoms with Crippen LogP contribution in [0.15, 0.2) is 18.2 Å². The zero-order valence-corrected chi connectivity index (χ0v) is 9.33. The van der Waals surface area contributed by atoms with Gasteiger partial charge < -0.3 is 5.11 Å². The van der Waals surface area contributed by atoms with Crippen molar-refractivity contribution < 1.29 is 5.11 Å². The van der Waals surface area contributed by atoms with Gasteiger partial charge in [-0.25, -0.2) is 0 Å². The standard InChI is InChI=1S/C11H9Cl2NO/c12-9-2-1-6(4-10(9)13)11(15)8-3-7(8)5-14/h1-2,4,7-8,11,15H,3H2/t7-,8?,11?/m1/s1. The molecule has 0 spiro atoms. The normalized spacial score (nSPS) is 25.7. The van der Waals surface area contributed by atoms with E-state index in [1.807, 2.05) is 0 Å². The third-order valence-corrected chi connectivity index (χ3v) is 3.44. The first-order valence-electron chi connectivity index (χ1n) is 4.66. The molecule has 0 heterocycles. The predicted molar refractivity (Wildman–Crippen MR) is 58.6 cm³/mol. The molecule has 2 nitrogen and oxygen atoms in total. The molecule has 0 saturated heterocycles. The average Bonchev–Trinajstić information content (AvgIpc) is 3.00. The topological polar surface area (TPSA) is 44.0 Å². The summed E-state index contributed by atoms with van der Waals surface area (Å²) in [5.74, 6) is 0.0293. The minimum atomic E-state index is -0.607. The summed E-state index contributed by atoms with van der Waals surface area (Å²) in [5.41, 5.74) is 0.729. The smallest absolute Gasteiger partial charge is 0.0831 e. The second-order valence-corrected chi connectivity index (χ2v) is 4.57. The summed E-state index contributed by atoms with van der Waals surface area (Å²) in [6.07, 6.45) is 0.155. The van der Waals surface area contributed by atoms with Crippen LogP contribution in [-0.2, 0) is 0 Å². The number of hydrogen-bond acceptors (Lipinski definition) is 2. The third kappa shape index (κ3) is 2.10. The van der Waals surface area contributed by atoms with Gasteiger partial charge in [-0.1, -0.05) is 29.3 Å². The molecule has 2 unspecified atom stereocenters. The van der Waals surface area contributed by atoms with Crippen molar-refractivity contribution >= 4 is 23.2 Å². The quantitative estimate of drug-likeness (QED) is 0.865. The summed E-state index contributed by atoms with van der Waals surface area (Å²) in [4.78, 5) is 0. The van der Waals surface area contributed by atoms with Gasteiger partial charge in [0.1, 0.15) is 0 Å². The predicted octanol–water partition coefficient (Wildman–Crippen LogP) is 3.19. The molecule has 4 heteroatoms. The molecule has 2 rings (SSSR count). The van der Waals surface area contributed by atoms with E-state index in [-0.39, 0.29) is 11.8 Å². The van der Waals surface area contributed by atoms with Gasteiger partial charge >= 0.3 is 0 Å². The third-order valence-electron chi connectivity index (χ3n) is 2.70. The van der Waals surface area contributed by atoms with Crippen molar-refractivity contribution in [2.45, 2.75) is 12.5 Å². The Morgan fingerprint density at radius 1 is 1.40 bits per heavy atom. The van der Waals surface area contributed by atoms with E-state index in [1.54, 1.807) is 18.2 Å². The Kier molecular flexibility index (Phi) is 2.88. The first-order valence-corrected chi connectivity index (χ1v) is 5.41. The molecule has 0 radical (unpaired) electrons. The Hall–Kier alpha value is -0.750. The van der Waals surface area contributed by atoms with Crippen LogP contribution in [0.4, 0.5) is 0 Å². The van der Waals surface area contributed by atoms with Gasteiger partial charge in [0.15, 0.2) is 0 Å². The maximum atomic E-state index is 9.92. The van der Waals surface area contributed by atoms with Crippen LogP contribution < -0.4 is 0 Å². The second-order valence-electron chi connectivity index (χ2n) is 3.75. The van der Waals surface area contributed by atoms with Crippen LogP contribution in [0.2, 0.25) is 10.0 Å². The molecule has 0 bridgehead atoms. The lowest BCUT2D eigenvalue weighted by Gasteiger charge is -2.10. The number of aliphatic hydroxyl groups excluding tert-OH is 1. The second kappa shape index (κ2) is 4.02. The largest absolute Gasteiger partial charge is 0.388 e. The molecule has 3 atom stereocenters. The highest BCUT2D eigenvalue weighted by Gasteiger charge is 2.43. The van der Waals surface area contributed by atoms with E-state index in [9.17, 15) is 5.11 Å². The van der Waals surface area contributed by atoms with E-state index in [2.05, 4.69) is 6.07 Å². The molecule has 1 fully saturated rings. The Labute approximate surface area is 98.0 Å². The van der Waals surface area contributed by atoms with Gasteiger partial charge in [0, 0.05) is 5.92 Å². The molecule has 1 aliphatic carbocycles. The van der Waals surface area contributed by atoms with Gasteiger partial charge in [-0.3, -0.25) is 0 Å². The van der Waals surface area contributed by atoms with Crippen LogP contribution in [0.25, 0.3) is 0 Å². The van der Waals surface area contributed by atoms with Crippen molar-refractivity contribution in [2.75, 3.05) is 0 Å². The van der Waals surface area contributed by atoms with Gasteiger partial charge in [-0.2, -0.15) is 5.26 Å². The summed E-state index contributed by atoms with van der Waals surface area (Å²) >= 11 is 11.6. The van der Waals surface area contributed by atoms with E-state index in [0.717, 1.165) is 12.0 Å². The van der Waals surface area contributed by atoms with E-state index in [0.29, 0.717) is 10.0 Å². The number of rotatable bonds is 2. The number of benzene rings is 1. The highest BCUT2D eigenvalue weighted by Crippen LogP contribution is 2.47. The number of halogens is 2. The van der Waals surface area contributed by atoms with Crippen molar-refractivity contribution in [3.63, 3.8) is 0 Å². The molecule has 1 N–H and O–H groups in total. The molecule has 15 heavy (non-hydrogen) atoms. The van der Waals surface area contributed by atoms with Crippen molar-refractivity contribution in [3.05, 3.63) is 33.8 Å². The van der Waals surface area contributed by atoms with Crippen molar-refractivity contribution in [1.29, 1.82) is 5.26 Å². The zero-order chi connectivity index (χ0) is 11.0.